The Morgan fingerprint density at radius 3 is 2.78 bits per heavy atom. The van der Waals surface area contributed by atoms with Crippen LogP contribution >= 0.6 is 0 Å². The molecule has 122 valence electrons. The van der Waals surface area contributed by atoms with E-state index in [0.29, 0.717) is 18.9 Å². The van der Waals surface area contributed by atoms with Crippen molar-refractivity contribution in [2.24, 2.45) is 11.8 Å². The van der Waals surface area contributed by atoms with Gasteiger partial charge < -0.3 is 15.2 Å². The summed E-state index contributed by atoms with van der Waals surface area (Å²) in [6.45, 7) is 5.49. The van der Waals surface area contributed by atoms with Gasteiger partial charge in [-0.15, -0.1) is 0 Å². The maximum Gasteiger partial charge on any atom is 0.226 e. The van der Waals surface area contributed by atoms with Gasteiger partial charge in [0.05, 0.1) is 0 Å². The average molecular weight is 313 g/mol. The number of amides is 2. The zero-order valence-electron chi connectivity index (χ0n) is 13.6. The van der Waals surface area contributed by atoms with E-state index in [0.717, 1.165) is 29.6 Å². The van der Waals surface area contributed by atoms with Crippen molar-refractivity contribution in [3.05, 3.63) is 30.5 Å². The molecule has 2 N–H and O–H groups in total. The molecule has 1 heterocycles. The molecule has 1 aliphatic carbocycles. The highest BCUT2D eigenvalue weighted by Crippen LogP contribution is 2.37. The van der Waals surface area contributed by atoms with Crippen LogP contribution in [0.15, 0.2) is 30.5 Å². The van der Waals surface area contributed by atoms with E-state index in [1.54, 1.807) is 0 Å². The van der Waals surface area contributed by atoms with Crippen LogP contribution in [0.2, 0.25) is 0 Å². The van der Waals surface area contributed by atoms with Gasteiger partial charge in [-0.1, -0.05) is 6.92 Å². The quantitative estimate of drug-likeness (QED) is 0.861. The van der Waals surface area contributed by atoms with E-state index >= 15 is 0 Å². The van der Waals surface area contributed by atoms with Gasteiger partial charge in [0.2, 0.25) is 11.8 Å². The van der Waals surface area contributed by atoms with Crippen LogP contribution < -0.4 is 10.6 Å². The number of carbonyl (C=O) groups is 2. The molecule has 0 saturated heterocycles. The van der Waals surface area contributed by atoms with Crippen molar-refractivity contribution in [1.82, 2.24) is 9.88 Å². The number of nitrogens with zero attached hydrogens (tertiary/aromatic N) is 1. The second kappa shape index (κ2) is 6.44. The van der Waals surface area contributed by atoms with Crippen LogP contribution in [0, 0.1) is 11.8 Å². The number of carbonyl (C=O) groups excluding carboxylic acids is 2. The molecule has 1 fully saturated rings. The predicted octanol–water partition coefficient (Wildman–Crippen LogP) is 2.76. The first-order chi connectivity index (χ1) is 11.1. The lowest BCUT2D eigenvalue weighted by molar-refractivity contribution is -0.122. The summed E-state index contributed by atoms with van der Waals surface area (Å²) in [7, 11) is 0. The first-order valence-electron chi connectivity index (χ1n) is 8.25. The zero-order valence-corrected chi connectivity index (χ0v) is 13.6. The van der Waals surface area contributed by atoms with Gasteiger partial charge in [0.15, 0.2) is 0 Å². The highest BCUT2D eigenvalue weighted by molar-refractivity contribution is 5.94. The number of aryl methyl sites for hydroxylation is 1. The van der Waals surface area contributed by atoms with E-state index in [2.05, 4.69) is 29.0 Å². The van der Waals surface area contributed by atoms with E-state index in [1.165, 1.54) is 0 Å². The van der Waals surface area contributed by atoms with Crippen LogP contribution in [0.4, 0.5) is 5.69 Å². The summed E-state index contributed by atoms with van der Waals surface area (Å²) in [6.07, 6.45) is 3.31. The summed E-state index contributed by atoms with van der Waals surface area (Å²) in [6, 6.07) is 7.96. The minimum atomic E-state index is -0.0802. The maximum absolute atomic E-state index is 12.0. The number of aromatic nitrogens is 1. The predicted molar refractivity (Wildman–Crippen MR) is 91.1 cm³/mol. The second-order valence-corrected chi connectivity index (χ2v) is 6.28. The standard InChI is InChI=1S/C18H23N3O2/c1-3-21-9-7-13-11-14(4-5-16(13)21)20-17(22)6-8-19-18(23)15-10-12(15)2/h4-5,7,9,11-12,15H,3,6,8,10H2,1-2H3,(H,19,23)(H,20,22)/t12-,15+/m0/s1. The van der Waals surface area contributed by atoms with Gasteiger partial charge in [-0.3, -0.25) is 9.59 Å². The van der Waals surface area contributed by atoms with Crippen molar-refractivity contribution in [1.29, 1.82) is 0 Å². The molecule has 2 amide bonds. The molecule has 2 aromatic rings. The Labute approximate surface area is 136 Å². The van der Waals surface area contributed by atoms with E-state index in [1.807, 2.05) is 30.5 Å². The van der Waals surface area contributed by atoms with E-state index < -0.39 is 0 Å². The minimum absolute atomic E-state index is 0.0765. The van der Waals surface area contributed by atoms with Crippen LogP contribution in [0.5, 0.6) is 0 Å². The average Bonchev–Trinajstić information content (AvgIpc) is 3.12. The third kappa shape index (κ3) is 3.55. The van der Waals surface area contributed by atoms with Gasteiger partial charge in [0.25, 0.3) is 0 Å². The van der Waals surface area contributed by atoms with E-state index in [-0.39, 0.29) is 17.7 Å². The second-order valence-electron chi connectivity index (χ2n) is 6.28. The van der Waals surface area contributed by atoms with Gasteiger partial charge in [-0.05, 0) is 43.5 Å². The summed E-state index contributed by atoms with van der Waals surface area (Å²) < 4.78 is 2.16. The SMILES string of the molecule is CCn1ccc2cc(NC(=O)CCNC(=O)[C@@H]3C[C@@H]3C)ccc21. The number of hydrogen-bond acceptors (Lipinski definition) is 2. The van der Waals surface area contributed by atoms with Crippen molar-refractivity contribution in [2.45, 2.75) is 33.2 Å². The van der Waals surface area contributed by atoms with E-state index in [4.69, 9.17) is 0 Å². The van der Waals surface area contributed by atoms with E-state index in [9.17, 15) is 9.59 Å². The molecule has 1 aliphatic rings. The summed E-state index contributed by atoms with van der Waals surface area (Å²) in [5, 5.41) is 6.83. The van der Waals surface area contributed by atoms with Crippen molar-refractivity contribution in [2.75, 3.05) is 11.9 Å². The van der Waals surface area contributed by atoms with Crippen LogP contribution in [-0.4, -0.2) is 22.9 Å². The summed E-state index contributed by atoms with van der Waals surface area (Å²) in [4.78, 5) is 23.7. The van der Waals surface area contributed by atoms with Gasteiger partial charge in [-0.2, -0.15) is 0 Å². The smallest absolute Gasteiger partial charge is 0.226 e. The van der Waals surface area contributed by atoms with Crippen molar-refractivity contribution >= 4 is 28.4 Å². The first kappa shape index (κ1) is 15.6. The Bertz CT molecular complexity index is 735. The van der Waals surface area contributed by atoms with Gasteiger partial charge >= 0.3 is 0 Å². The Morgan fingerprint density at radius 2 is 2.09 bits per heavy atom. The van der Waals surface area contributed by atoms with Crippen molar-refractivity contribution in [3.63, 3.8) is 0 Å². The molecule has 0 bridgehead atoms. The Balaban J connectivity index is 1.50. The fraction of sp³-hybridized carbons (Fsp3) is 0.444. The number of fused-ring (bicyclic) bond motifs is 1. The number of rotatable bonds is 6. The third-order valence-electron chi connectivity index (χ3n) is 4.49. The van der Waals surface area contributed by atoms with Crippen molar-refractivity contribution in [3.8, 4) is 0 Å². The maximum atomic E-state index is 12.0. The van der Waals surface area contributed by atoms with Gasteiger partial charge in [-0.25, -0.2) is 0 Å². The molecule has 1 saturated carbocycles. The summed E-state index contributed by atoms with van der Waals surface area (Å²) in [5.41, 5.74) is 1.95. The molecular weight excluding hydrogens is 290 g/mol. The number of benzene rings is 1. The monoisotopic (exact) mass is 313 g/mol. The third-order valence-corrected chi connectivity index (χ3v) is 4.49. The molecule has 0 spiro atoms. The van der Waals surface area contributed by atoms with Gasteiger partial charge in [0, 0.05) is 48.2 Å². The molecule has 0 unspecified atom stereocenters. The largest absolute Gasteiger partial charge is 0.355 e. The molecule has 1 aromatic heterocycles. The highest BCUT2D eigenvalue weighted by Gasteiger charge is 2.38. The summed E-state index contributed by atoms with van der Waals surface area (Å²) in [5.74, 6) is 0.644. The Hall–Kier alpha value is -2.30. The van der Waals surface area contributed by atoms with Crippen molar-refractivity contribution < 1.29 is 9.59 Å². The topological polar surface area (TPSA) is 63.1 Å². The molecule has 2 atom stereocenters. The minimum Gasteiger partial charge on any atom is -0.355 e. The number of hydrogen-bond donors (Lipinski definition) is 2. The zero-order chi connectivity index (χ0) is 16.4. The molecule has 1 aromatic carbocycles. The highest BCUT2D eigenvalue weighted by atomic mass is 16.2. The fourth-order valence-electron chi connectivity index (χ4n) is 2.89. The molecule has 23 heavy (non-hydrogen) atoms. The lowest BCUT2D eigenvalue weighted by Gasteiger charge is -2.07. The molecule has 0 radical (unpaired) electrons. The lowest BCUT2D eigenvalue weighted by Crippen LogP contribution is -2.29. The van der Waals surface area contributed by atoms with Gasteiger partial charge in [0.1, 0.15) is 0 Å². The van der Waals surface area contributed by atoms with Crippen LogP contribution in [0.3, 0.4) is 0 Å². The summed E-state index contributed by atoms with van der Waals surface area (Å²) >= 11 is 0. The Morgan fingerprint density at radius 1 is 1.30 bits per heavy atom. The van der Waals surface area contributed by atoms with Crippen LogP contribution in [-0.2, 0) is 16.1 Å². The molecule has 0 aliphatic heterocycles. The fourth-order valence-corrected chi connectivity index (χ4v) is 2.89. The van der Waals surface area contributed by atoms with Crippen LogP contribution in [0.1, 0.15) is 26.7 Å². The molecule has 3 rings (SSSR count). The Kier molecular flexibility index (Phi) is 4.37. The van der Waals surface area contributed by atoms with Crippen LogP contribution in [0.25, 0.3) is 10.9 Å². The molecular formula is C18H23N3O2. The first-order valence-corrected chi connectivity index (χ1v) is 8.25. The number of anilines is 1. The normalized spacial score (nSPS) is 19.6. The molecule has 5 nitrogen and oxygen atoms in total. The lowest BCUT2D eigenvalue weighted by atomic mass is 10.2. The number of nitrogens with one attached hydrogen (secondary N) is 2. The molecule has 5 heteroatoms.